The second-order valence-electron chi connectivity index (χ2n) is 7.52. The number of nitrogens with zero attached hydrogens (tertiary/aromatic N) is 2. The third-order valence-corrected chi connectivity index (χ3v) is 7.05. The van der Waals surface area contributed by atoms with Crippen molar-refractivity contribution in [3.8, 4) is 0 Å². The van der Waals surface area contributed by atoms with Gasteiger partial charge in [-0.2, -0.15) is 0 Å². The van der Waals surface area contributed by atoms with Crippen molar-refractivity contribution in [1.29, 1.82) is 0 Å². The minimum absolute atomic E-state index is 0.758. The van der Waals surface area contributed by atoms with Crippen molar-refractivity contribution in [1.82, 2.24) is 9.80 Å². The van der Waals surface area contributed by atoms with E-state index in [2.05, 4.69) is 64.0 Å². The first-order valence-electron chi connectivity index (χ1n) is 9.97. The van der Waals surface area contributed by atoms with Crippen molar-refractivity contribution in [3.63, 3.8) is 0 Å². The maximum Gasteiger partial charge on any atom is 0.0190 e. The minimum Gasteiger partial charge on any atom is -0.302 e. The number of fused-ring (bicyclic) bond motifs is 1. The smallest absolute Gasteiger partial charge is 0.0190 e. The largest absolute Gasteiger partial charge is 0.302 e. The van der Waals surface area contributed by atoms with Crippen LogP contribution in [0, 0.1) is 0 Å². The molecule has 2 aromatic carbocycles. The van der Waals surface area contributed by atoms with E-state index in [0.29, 0.717) is 0 Å². The highest BCUT2D eigenvalue weighted by molar-refractivity contribution is 7.99. The Morgan fingerprint density at radius 3 is 2.60 bits per heavy atom. The maximum atomic E-state index is 2.76. The summed E-state index contributed by atoms with van der Waals surface area (Å²) in [7, 11) is 0. The van der Waals surface area contributed by atoms with Crippen molar-refractivity contribution in [2.45, 2.75) is 43.0 Å². The third kappa shape index (κ3) is 4.39. The molecule has 2 aliphatic heterocycles. The fourth-order valence-electron chi connectivity index (χ4n) is 4.34. The van der Waals surface area contributed by atoms with Crippen LogP contribution in [0.3, 0.4) is 0 Å². The van der Waals surface area contributed by atoms with Gasteiger partial charge in [0, 0.05) is 29.8 Å². The lowest BCUT2D eigenvalue weighted by Crippen LogP contribution is -2.40. The Morgan fingerprint density at radius 2 is 1.68 bits per heavy atom. The molecule has 2 fully saturated rings. The number of benzene rings is 2. The summed E-state index contributed by atoms with van der Waals surface area (Å²) in [5.41, 5.74) is 0. The second-order valence-corrected chi connectivity index (χ2v) is 8.58. The van der Waals surface area contributed by atoms with Gasteiger partial charge in [0.05, 0.1) is 0 Å². The SMILES string of the molecule is c1ccc2c(SCC3CCCN3CCN3CCCCC3)cccc2c1. The predicted octanol–water partition coefficient (Wildman–Crippen LogP) is 4.88. The molecule has 2 aliphatic rings. The highest BCUT2D eigenvalue weighted by atomic mass is 32.2. The Labute approximate surface area is 156 Å². The zero-order valence-electron chi connectivity index (χ0n) is 15.2. The summed E-state index contributed by atoms with van der Waals surface area (Å²) in [6.07, 6.45) is 6.99. The quantitative estimate of drug-likeness (QED) is 0.683. The van der Waals surface area contributed by atoms with Crippen LogP contribution in [0.25, 0.3) is 10.8 Å². The van der Waals surface area contributed by atoms with Crippen molar-refractivity contribution in [2.24, 2.45) is 0 Å². The molecule has 0 aromatic heterocycles. The Balaban J connectivity index is 1.33. The molecule has 0 bridgehead atoms. The first kappa shape index (κ1) is 17.4. The van der Waals surface area contributed by atoms with Crippen LogP contribution in [0.4, 0.5) is 0 Å². The van der Waals surface area contributed by atoms with Crippen molar-refractivity contribution in [2.75, 3.05) is 38.5 Å². The topological polar surface area (TPSA) is 6.48 Å². The van der Waals surface area contributed by atoms with Gasteiger partial charge in [-0.25, -0.2) is 0 Å². The normalized spacial score (nSPS) is 22.6. The minimum atomic E-state index is 0.758. The number of hydrogen-bond donors (Lipinski definition) is 0. The van der Waals surface area contributed by atoms with E-state index >= 15 is 0 Å². The van der Waals surface area contributed by atoms with Gasteiger partial charge >= 0.3 is 0 Å². The number of likely N-dealkylation sites (tertiary alicyclic amines) is 2. The molecule has 0 radical (unpaired) electrons. The molecule has 2 nitrogen and oxygen atoms in total. The Morgan fingerprint density at radius 1 is 0.840 bits per heavy atom. The summed E-state index contributed by atoms with van der Waals surface area (Å²) in [5, 5.41) is 2.77. The summed E-state index contributed by atoms with van der Waals surface area (Å²) in [6.45, 7) is 6.48. The zero-order chi connectivity index (χ0) is 16.9. The molecule has 4 rings (SSSR count). The van der Waals surface area contributed by atoms with Gasteiger partial charge in [-0.1, -0.05) is 42.8 Å². The Kier molecular flexibility index (Phi) is 5.96. The first-order chi connectivity index (χ1) is 12.4. The molecule has 3 heteroatoms. The maximum absolute atomic E-state index is 2.76. The molecular weight excluding hydrogens is 324 g/mol. The molecule has 0 N–H and O–H groups in total. The van der Waals surface area contributed by atoms with Crippen molar-refractivity contribution in [3.05, 3.63) is 42.5 Å². The number of piperidine rings is 1. The summed E-state index contributed by atoms with van der Waals surface area (Å²) in [6, 6.07) is 16.3. The van der Waals surface area contributed by atoms with Crippen LogP contribution < -0.4 is 0 Å². The monoisotopic (exact) mass is 354 g/mol. The van der Waals surface area contributed by atoms with Crippen LogP contribution in [0.15, 0.2) is 47.4 Å². The van der Waals surface area contributed by atoms with Crippen LogP contribution in [-0.4, -0.2) is 54.3 Å². The molecule has 2 heterocycles. The number of hydrogen-bond acceptors (Lipinski definition) is 3. The van der Waals surface area contributed by atoms with Crippen LogP contribution in [-0.2, 0) is 0 Å². The van der Waals surface area contributed by atoms with Gasteiger partial charge in [0.1, 0.15) is 0 Å². The summed E-state index contributed by atoms with van der Waals surface area (Å²) >= 11 is 2.06. The lowest BCUT2D eigenvalue weighted by Gasteiger charge is -2.30. The molecule has 0 saturated carbocycles. The predicted molar refractivity (Wildman–Crippen MR) is 110 cm³/mol. The standard InChI is InChI=1S/C22H30N2S/c1-4-13-23(14-5-1)16-17-24-15-7-10-20(24)18-25-22-12-6-9-19-8-2-3-11-21(19)22/h2-3,6,8-9,11-12,20H,1,4-5,7,10,13-18H2. The molecule has 1 atom stereocenters. The summed E-state index contributed by atoms with van der Waals surface area (Å²) in [5.74, 6) is 1.23. The fourth-order valence-corrected chi connectivity index (χ4v) is 5.60. The zero-order valence-corrected chi connectivity index (χ0v) is 16.0. The molecule has 0 amide bonds. The van der Waals surface area contributed by atoms with Gasteiger partial charge in [0.15, 0.2) is 0 Å². The summed E-state index contributed by atoms with van der Waals surface area (Å²) < 4.78 is 0. The lowest BCUT2D eigenvalue weighted by molar-refractivity contribution is 0.180. The van der Waals surface area contributed by atoms with E-state index in [1.54, 1.807) is 0 Å². The number of thioether (sulfide) groups is 1. The summed E-state index contributed by atoms with van der Waals surface area (Å²) in [4.78, 5) is 6.88. The van der Waals surface area contributed by atoms with E-state index in [-0.39, 0.29) is 0 Å². The molecule has 134 valence electrons. The molecular formula is C22H30N2S. The second kappa shape index (κ2) is 8.57. The van der Waals surface area contributed by atoms with Crippen molar-refractivity contribution < 1.29 is 0 Å². The van der Waals surface area contributed by atoms with Gasteiger partial charge in [-0.3, -0.25) is 4.90 Å². The van der Waals surface area contributed by atoms with E-state index < -0.39 is 0 Å². The highest BCUT2D eigenvalue weighted by Gasteiger charge is 2.25. The highest BCUT2D eigenvalue weighted by Crippen LogP contribution is 2.31. The third-order valence-electron chi connectivity index (χ3n) is 5.83. The van der Waals surface area contributed by atoms with Crippen LogP contribution in [0.5, 0.6) is 0 Å². The Bertz CT molecular complexity index is 675. The average molecular weight is 355 g/mol. The van der Waals surface area contributed by atoms with Gasteiger partial charge in [-0.05, 0) is 62.2 Å². The van der Waals surface area contributed by atoms with Gasteiger partial charge in [0.25, 0.3) is 0 Å². The molecule has 2 aromatic rings. The van der Waals surface area contributed by atoms with Crippen molar-refractivity contribution >= 4 is 22.5 Å². The van der Waals surface area contributed by atoms with Crippen LogP contribution in [0.1, 0.15) is 32.1 Å². The van der Waals surface area contributed by atoms with E-state index in [4.69, 9.17) is 0 Å². The molecule has 2 saturated heterocycles. The van der Waals surface area contributed by atoms with Crippen LogP contribution in [0.2, 0.25) is 0 Å². The van der Waals surface area contributed by atoms with E-state index in [9.17, 15) is 0 Å². The van der Waals surface area contributed by atoms with E-state index in [0.717, 1.165) is 6.04 Å². The van der Waals surface area contributed by atoms with Gasteiger partial charge in [-0.15, -0.1) is 11.8 Å². The Hall–Kier alpha value is -1.03. The molecule has 0 spiro atoms. The lowest BCUT2D eigenvalue weighted by atomic mass is 10.1. The number of rotatable bonds is 6. The average Bonchev–Trinajstić information content (AvgIpc) is 3.13. The van der Waals surface area contributed by atoms with E-state index in [1.807, 2.05) is 0 Å². The van der Waals surface area contributed by atoms with Gasteiger partial charge < -0.3 is 4.90 Å². The van der Waals surface area contributed by atoms with Gasteiger partial charge in [0.2, 0.25) is 0 Å². The van der Waals surface area contributed by atoms with E-state index in [1.165, 1.54) is 86.2 Å². The van der Waals surface area contributed by atoms with Crippen LogP contribution >= 0.6 is 11.8 Å². The molecule has 0 aliphatic carbocycles. The molecule has 25 heavy (non-hydrogen) atoms. The fraction of sp³-hybridized carbons (Fsp3) is 0.545. The first-order valence-corrected chi connectivity index (χ1v) is 11.0. The molecule has 1 unspecified atom stereocenters.